The summed E-state index contributed by atoms with van der Waals surface area (Å²) < 4.78 is 30.7. The average molecular weight is 301 g/mol. The summed E-state index contributed by atoms with van der Waals surface area (Å²) in [5.74, 6) is 0. The zero-order chi connectivity index (χ0) is 11.5. The van der Waals surface area contributed by atoms with Gasteiger partial charge in [-0.2, -0.15) is 12.7 Å². The summed E-state index contributed by atoms with van der Waals surface area (Å²) in [4.78, 5) is 11.1. The molecule has 8 heteroatoms. The van der Waals surface area contributed by atoms with E-state index < -0.39 is 16.3 Å². The second-order valence-corrected chi connectivity index (χ2v) is 6.04. The van der Waals surface area contributed by atoms with Crippen molar-refractivity contribution >= 4 is 32.2 Å². The van der Waals surface area contributed by atoms with Gasteiger partial charge in [0.05, 0.1) is 6.61 Å². The lowest BCUT2D eigenvalue weighted by Gasteiger charge is -2.15. The van der Waals surface area contributed by atoms with Crippen LogP contribution < -0.4 is 4.72 Å². The fourth-order valence-electron chi connectivity index (χ4n) is 1.24. The molecule has 0 aromatic rings. The minimum Gasteiger partial charge on any atom is -0.449 e. The monoisotopic (exact) mass is 300 g/mol. The normalized spacial score (nSPS) is 22.7. The standard InChI is InChI=1S/C7H13BrN2O4S/c1-2-14-7(11)9-15(12,13)10-4-3-6(8)5-10/h6H,2-5H2,1H3,(H,9,11). The van der Waals surface area contributed by atoms with E-state index in [0.29, 0.717) is 13.1 Å². The molecule has 0 aromatic heterocycles. The van der Waals surface area contributed by atoms with Gasteiger partial charge in [-0.1, -0.05) is 15.9 Å². The fraction of sp³-hybridized carbons (Fsp3) is 0.857. The Bertz CT molecular complexity index is 332. The third-order valence-electron chi connectivity index (χ3n) is 1.92. The van der Waals surface area contributed by atoms with Crippen molar-refractivity contribution in [3.8, 4) is 0 Å². The van der Waals surface area contributed by atoms with E-state index in [1.165, 1.54) is 4.31 Å². The third kappa shape index (κ3) is 3.62. The molecule has 1 unspecified atom stereocenters. The number of ether oxygens (including phenoxy) is 1. The van der Waals surface area contributed by atoms with E-state index in [0.717, 1.165) is 6.42 Å². The number of amides is 1. The number of rotatable bonds is 3. The Kier molecular flexibility index (Phi) is 4.35. The summed E-state index contributed by atoms with van der Waals surface area (Å²) in [6, 6.07) is 0. The van der Waals surface area contributed by atoms with Gasteiger partial charge in [0.2, 0.25) is 0 Å². The van der Waals surface area contributed by atoms with E-state index in [1.54, 1.807) is 6.92 Å². The van der Waals surface area contributed by atoms with Crippen LogP contribution in [-0.2, 0) is 14.9 Å². The summed E-state index contributed by atoms with van der Waals surface area (Å²) in [7, 11) is -3.74. The molecule has 1 atom stereocenters. The lowest BCUT2D eigenvalue weighted by atomic mass is 10.4. The Hall–Kier alpha value is -0.340. The lowest BCUT2D eigenvalue weighted by Crippen LogP contribution is -2.42. The first kappa shape index (κ1) is 12.7. The average Bonchev–Trinajstić information content (AvgIpc) is 2.51. The molecule has 0 bridgehead atoms. The fourth-order valence-corrected chi connectivity index (χ4v) is 3.10. The van der Waals surface area contributed by atoms with Crippen molar-refractivity contribution < 1.29 is 17.9 Å². The maximum atomic E-state index is 11.6. The highest BCUT2D eigenvalue weighted by atomic mass is 79.9. The first-order chi connectivity index (χ1) is 6.95. The number of nitrogens with zero attached hydrogens (tertiary/aromatic N) is 1. The molecule has 1 aliphatic heterocycles. The highest BCUT2D eigenvalue weighted by Gasteiger charge is 2.31. The van der Waals surface area contributed by atoms with E-state index >= 15 is 0 Å². The second-order valence-electron chi connectivity index (χ2n) is 3.07. The quantitative estimate of drug-likeness (QED) is 0.768. The van der Waals surface area contributed by atoms with E-state index in [-0.39, 0.29) is 11.4 Å². The van der Waals surface area contributed by atoms with E-state index in [4.69, 9.17) is 0 Å². The van der Waals surface area contributed by atoms with Crippen LogP contribution in [0.3, 0.4) is 0 Å². The minimum absolute atomic E-state index is 0.141. The molecular weight excluding hydrogens is 288 g/mol. The van der Waals surface area contributed by atoms with Crippen molar-refractivity contribution in [1.29, 1.82) is 0 Å². The van der Waals surface area contributed by atoms with Crippen molar-refractivity contribution in [2.24, 2.45) is 0 Å². The van der Waals surface area contributed by atoms with Crippen molar-refractivity contribution in [2.45, 2.75) is 18.2 Å². The van der Waals surface area contributed by atoms with Crippen LogP contribution in [0.2, 0.25) is 0 Å². The van der Waals surface area contributed by atoms with Gasteiger partial charge in [-0.05, 0) is 13.3 Å². The molecule has 0 aromatic carbocycles. The Morgan fingerprint density at radius 2 is 2.33 bits per heavy atom. The molecule has 1 saturated heterocycles. The summed E-state index contributed by atoms with van der Waals surface area (Å²) >= 11 is 3.32. The predicted octanol–water partition coefficient (Wildman–Crippen LogP) is 0.446. The van der Waals surface area contributed by atoms with Crippen molar-refractivity contribution in [1.82, 2.24) is 9.03 Å². The van der Waals surface area contributed by atoms with Gasteiger partial charge in [0.1, 0.15) is 0 Å². The topological polar surface area (TPSA) is 75.7 Å². The van der Waals surface area contributed by atoms with Gasteiger partial charge in [0.15, 0.2) is 0 Å². The van der Waals surface area contributed by atoms with Crippen molar-refractivity contribution in [3.05, 3.63) is 0 Å². The van der Waals surface area contributed by atoms with E-state index in [2.05, 4.69) is 20.7 Å². The number of alkyl halides is 1. The molecule has 1 N–H and O–H groups in total. The molecule has 1 aliphatic rings. The first-order valence-electron chi connectivity index (χ1n) is 4.54. The second kappa shape index (κ2) is 5.13. The molecule has 15 heavy (non-hydrogen) atoms. The molecule has 0 radical (unpaired) electrons. The number of halogens is 1. The number of carbonyl (C=O) groups excluding carboxylic acids is 1. The number of hydrogen-bond donors (Lipinski definition) is 1. The predicted molar refractivity (Wildman–Crippen MR) is 58.0 cm³/mol. The van der Waals surface area contributed by atoms with E-state index in [9.17, 15) is 13.2 Å². The summed E-state index contributed by atoms with van der Waals surface area (Å²) in [5, 5.41) is 0. The minimum atomic E-state index is -3.74. The van der Waals surface area contributed by atoms with Crippen LogP contribution in [0.15, 0.2) is 0 Å². The zero-order valence-corrected chi connectivity index (χ0v) is 10.7. The van der Waals surface area contributed by atoms with Gasteiger partial charge < -0.3 is 4.74 Å². The molecule has 6 nitrogen and oxygen atoms in total. The SMILES string of the molecule is CCOC(=O)NS(=O)(=O)N1CCC(Br)C1. The van der Waals surface area contributed by atoms with Crippen LogP contribution in [0.4, 0.5) is 4.79 Å². The maximum absolute atomic E-state index is 11.6. The highest BCUT2D eigenvalue weighted by Crippen LogP contribution is 2.18. The molecular formula is C7H13BrN2O4S. The molecule has 1 rings (SSSR count). The molecule has 0 aliphatic carbocycles. The van der Waals surface area contributed by atoms with Crippen LogP contribution in [0.25, 0.3) is 0 Å². The molecule has 0 saturated carbocycles. The van der Waals surface area contributed by atoms with Crippen molar-refractivity contribution in [3.63, 3.8) is 0 Å². The van der Waals surface area contributed by atoms with Gasteiger partial charge in [-0.25, -0.2) is 9.52 Å². The third-order valence-corrected chi connectivity index (χ3v) is 4.10. The Labute approximate surface area is 97.3 Å². The van der Waals surface area contributed by atoms with Gasteiger partial charge in [0, 0.05) is 17.9 Å². The molecule has 1 fully saturated rings. The summed E-state index contributed by atoms with van der Waals surface area (Å²) in [5.41, 5.74) is 0. The molecule has 1 heterocycles. The van der Waals surface area contributed by atoms with Crippen LogP contribution in [0.1, 0.15) is 13.3 Å². The Balaban J connectivity index is 2.56. The molecule has 0 spiro atoms. The molecule has 88 valence electrons. The van der Waals surface area contributed by atoms with Gasteiger partial charge >= 0.3 is 16.3 Å². The van der Waals surface area contributed by atoms with Crippen LogP contribution >= 0.6 is 15.9 Å². The largest absolute Gasteiger partial charge is 0.449 e. The highest BCUT2D eigenvalue weighted by molar-refractivity contribution is 9.09. The number of nitrogens with one attached hydrogen (secondary N) is 1. The Morgan fingerprint density at radius 3 is 2.80 bits per heavy atom. The van der Waals surface area contributed by atoms with Gasteiger partial charge in [-0.3, -0.25) is 0 Å². The van der Waals surface area contributed by atoms with Crippen LogP contribution in [0.5, 0.6) is 0 Å². The lowest BCUT2D eigenvalue weighted by molar-refractivity contribution is 0.158. The summed E-state index contributed by atoms with van der Waals surface area (Å²) in [6.07, 6.45) is -0.195. The maximum Gasteiger partial charge on any atom is 0.421 e. The number of hydrogen-bond acceptors (Lipinski definition) is 4. The smallest absolute Gasteiger partial charge is 0.421 e. The Morgan fingerprint density at radius 1 is 1.67 bits per heavy atom. The van der Waals surface area contributed by atoms with Gasteiger partial charge in [0.25, 0.3) is 0 Å². The first-order valence-corrected chi connectivity index (χ1v) is 6.90. The van der Waals surface area contributed by atoms with Gasteiger partial charge in [-0.15, -0.1) is 0 Å². The molecule has 1 amide bonds. The van der Waals surface area contributed by atoms with Crippen molar-refractivity contribution in [2.75, 3.05) is 19.7 Å². The summed E-state index contributed by atoms with van der Waals surface area (Å²) in [6.45, 7) is 2.53. The van der Waals surface area contributed by atoms with Crippen LogP contribution in [-0.4, -0.2) is 43.3 Å². The van der Waals surface area contributed by atoms with Crippen LogP contribution in [0, 0.1) is 0 Å². The number of carbonyl (C=O) groups is 1. The van der Waals surface area contributed by atoms with E-state index in [1.807, 2.05) is 4.72 Å². The zero-order valence-electron chi connectivity index (χ0n) is 8.27.